The summed E-state index contributed by atoms with van der Waals surface area (Å²) >= 11 is 0. The van der Waals surface area contributed by atoms with Crippen molar-refractivity contribution in [3.05, 3.63) is 0 Å². The predicted molar refractivity (Wildman–Crippen MR) is 72.6 cm³/mol. The Labute approximate surface area is 110 Å². The van der Waals surface area contributed by atoms with Crippen LogP contribution in [0.15, 0.2) is 0 Å². The van der Waals surface area contributed by atoms with Crippen LogP contribution in [-0.4, -0.2) is 40.4 Å². The largest absolute Gasteiger partial charge is 0.481 e. The Balaban J connectivity index is 5.06. The van der Waals surface area contributed by atoms with Gasteiger partial charge in [0.2, 0.25) is 0 Å². The predicted octanol–water partition coefficient (Wildman–Crippen LogP) is 2.57. The normalized spacial score (nSPS) is 14.7. The van der Waals surface area contributed by atoms with Crippen LogP contribution < -0.4 is 0 Å². The van der Waals surface area contributed by atoms with Gasteiger partial charge in [-0.15, -0.1) is 0 Å². The minimum absolute atomic E-state index is 0.0207. The Bertz CT molecular complexity index is 310. The van der Waals surface area contributed by atoms with Crippen molar-refractivity contribution in [3.8, 4) is 0 Å². The molecule has 0 aliphatic carbocycles. The van der Waals surface area contributed by atoms with Gasteiger partial charge in [-0.2, -0.15) is 0 Å². The van der Waals surface area contributed by atoms with Crippen molar-refractivity contribution in [1.29, 1.82) is 0 Å². The second kappa shape index (κ2) is 5.83. The summed E-state index contributed by atoms with van der Waals surface area (Å²) in [5, 5.41) is 8.80. The fourth-order valence-corrected chi connectivity index (χ4v) is 1.73. The molecule has 18 heavy (non-hydrogen) atoms. The Morgan fingerprint density at radius 3 is 1.83 bits per heavy atom. The minimum atomic E-state index is -0.857. The van der Waals surface area contributed by atoms with E-state index in [0.29, 0.717) is 6.42 Å². The molecule has 0 aliphatic rings. The van der Waals surface area contributed by atoms with E-state index in [-0.39, 0.29) is 23.8 Å². The van der Waals surface area contributed by atoms with Crippen molar-refractivity contribution < 1.29 is 14.7 Å². The molecule has 0 unspecified atom stereocenters. The average Bonchev–Trinajstić information content (AvgIpc) is 2.14. The van der Waals surface area contributed by atoms with Gasteiger partial charge in [0, 0.05) is 17.4 Å². The number of carboxylic acid groups (broad SMARTS) is 1. The van der Waals surface area contributed by atoms with E-state index in [1.807, 2.05) is 53.5 Å². The van der Waals surface area contributed by atoms with Crippen LogP contribution in [0.1, 0.15) is 54.4 Å². The number of likely N-dealkylation sites (N-methyl/N-ethyl adjacent to an activating group) is 1. The van der Waals surface area contributed by atoms with Gasteiger partial charge < -0.3 is 5.11 Å². The maximum Gasteiger partial charge on any atom is 0.303 e. The summed E-state index contributed by atoms with van der Waals surface area (Å²) in [5.41, 5.74) is -0.618. The molecule has 4 heteroatoms. The van der Waals surface area contributed by atoms with E-state index in [1.54, 1.807) is 0 Å². The van der Waals surface area contributed by atoms with E-state index in [0.717, 1.165) is 0 Å². The third-order valence-electron chi connectivity index (χ3n) is 3.20. The first kappa shape index (κ1) is 17.1. The molecule has 106 valence electrons. The van der Waals surface area contributed by atoms with Crippen LogP contribution in [0.4, 0.5) is 0 Å². The summed E-state index contributed by atoms with van der Waals surface area (Å²) in [6.45, 7) is 11.7. The summed E-state index contributed by atoms with van der Waals surface area (Å²) in [4.78, 5) is 25.1. The topological polar surface area (TPSA) is 57.6 Å². The minimum Gasteiger partial charge on any atom is -0.481 e. The van der Waals surface area contributed by atoms with Crippen LogP contribution >= 0.6 is 0 Å². The smallest absolute Gasteiger partial charge is 0.303 e. The zero-order chi connectivity index (χ0) is 14.7. The Morgan fingerprint density at radius 2 is 1.56 bits per heavy atom. The molecule has 0 aromatic heterocycles. The van der Waals surface area contributed by atoms with E-state index in [4.69, 9.17) is 5.11 Å². The molecular weight excluding hydrogens is 230 g/mol. The van der Waals surface area contributed by atoms with E-state index in [9.17, 15) is 9.59 Å². The number of hydrogen-bond donors (Lipinski definition) is 1. The van der Waals surface area contributed by atoms with Crippen molar-refractivity contribution in [2.24, 2.45) is 5.41 Å². The first-order valence-corrected chi connectivity index (χ1v) is 6.36. The van der Waals surface area contributed by atoms with Gasteiger partial charge in [0.15, 0.2) is 5.78 Å². The zero-order valence-corrected chi connectivity index (χ0v) is 12.7. The summed E-state index contributed by atoms with van der Waals surface area (Å²) < 4.78 is 0. The lowest BCUT2D eigenvalue weighted by molar-refractivity contribution is -0.138. The van der Waals surface area contributed by atoms with Gasteiger partial charge in [0.05, 0.1) is 6.04 Å². The van der Waals surface area contributed by atoms with Crippen molar-refractivity contribution in [2.45, 2.75) is 66.0 Å². The molecule has 4 nitrogen and oxygen atoms in total. The summed E-state index contributed by atoms with van der Waals surface area (Å²) in [5.74, 6) is -0.759. The number of rotatable bonds is 5. The number of nitrogens with zero attached hydrogens (tertiary/aromatic N) is 1. The second-order valence-corrected chi connectivity index (χ2v) is 6.84. The molecule has 0 amide bonds. The van der Waals surface area contributed by atoms with Crippen molar-refractivity contribution in [1.82, 2.24) is 4.90 Å². The number of carboxylic acids is 1. The molecule has 0 fully saturated rings. The maximum atomic E-state index is 12.4. The number of carbonyl (C=O) groups is 2. The monoisotopic (exact) mass is 257 g/mol. The number of Topliss-reactive ketones (excluding diaryl/α,β-unsaturated/α-hetero) is 1. The highest BCUT2D eigenvalue weighted by atomic mass is 16.4. The van der Waals surface area contributed by atoms with Crippen molar-refractivity contribution in [3.63, 3.8) is 0 Å². The van der Waals surface area contributed by atoms with Gasteiger partial charge >= 0.3 is 5.97 Å². The molecule has 0 bridgehead atoms. The fourth-order valence-electron chi connectivity index (χ4n) is 1.73. The molecule has 0 aliphatic heterocycles. The van der Waals surface area contributed by atoms with Gasteiger partial charge in [0.1, 0.15) is 0 Å². The quantitative estimate of drug-likeness (QED) is 0.822. The van der Waals surface area contributed by atoms with Crippen LogP contribution in [0.3, 0.4) is 0 Å². The lowest BCUT2D eigenvalue weighted by Gasteiger charge is -2.40. The van der Waals surface area contributed by atoms with Crippen LogP contribution in [0, 0.1) is 5.41 Å². The van der Waals surface area contributed by atoms with Crippen LogP contribution in [0.5, 0.6) is 0 Å². The molecule has 0 aromatic rings. The molecule has 1 atom stereocenters. The number of carbonyl (C=O) groups excluding carboxylic acids is 1. The standard InChI is InChI=1S/C14H27NO3/c1-13(2,3)12(18)10(8-9-11(16)17)15(7)14(4,5)6/h10H,8-9H2,1-7H3,(H,16,17)/t10-/m0/s1. The van der Waals surface area contributed by atoms with Crippen LogP contribution in [0.25, 0.3) is 0 Å². The molecule has 0 heterocycles. The molecule has 0 saturated carbocycles. The highest BCUT2D eigenvalue weighted by Gasteiger charge is 2.36. The number of hydrogen-bond acceptors (Lipinski definition) is 3. The van der Waals surface area contributed by atoms with E-state index in [1.165, 1.54) is 0 Å². The first-order valence-electron chi connectivity index (χ1n) is 6.36. The Morgan fingerprint density at radius 1 is 1.11 bits per heavy atom. The van der Waals surface area contributed by atoms with Crippen LogP contribution in [0.2, 0.25) is 0 Å². The third kappa shape index (κ3) is 5.17. The van der Waals surface area contributed by atoms with Gasteiger partial charge in [0.25, 0.3) is 0 Å². The van der Waals surface area contributed by atoms with Crippen molar-refractivity contribution in [2.75, 3.05) is 7.05 Å². The first-order chi connectivity index (χ1) is 7.87. The maximum absolute atomic E-state index is 12.4. The number of aliphatic carboxylic acids is 1. The molecule has 1 N–H and O–H groups in total. The van der Waals surface area contributed by atoms with Gasteiger partial charge in [-0.25, -0.2) is 0 Å². The zero-order valence-electron chi connectivity index (χ0n) is 12.7. The van der Waals surface area contributed by atoms with Gasteiger partial charge in [-0.05, 0) is 34.2 Å². The van der Waals surface area contributed by atoms with E-state index >= 15 is 0 Å². The third-order valence-corrected chi connectivity index (χ3v) is 3.20. The highest BCUT2D eigenvalue weighted by molar-refractivity contribution is 5.89. The lowest BCUT2D eigenvalue weighted by Crippen LogP contribution is -2.52. The summed E-state index contributed by atoms with van der Waals surface area (Å²) in [6.07, 6.45) is 0.381. The van der Waals surface area contributed by atoms with Crippen molar-refractivity contribution >= 4 is 11.8 Å². The average molecular weight is 257 g/mol. The Hall–Kier alpha value is -0.900. The second-order valence-electron chi connectivity index (χ2n) is 6.84. The molecular formula is C14H27NO3. The van der Waals surface area contributed by atoms with E-state index < -0.39 is 11.4 Å². The molecule has 0 saturated heterocycles. The molecule has 0 spiro atoms. The summed E-state index contributed by atoms with van der Waals surface area (Å²) in [7, 11) is 1.89. The van der Waals surface area contributed by atoms with E-state index in [2.05, 4.69) is 0 Å². The fraction of sp³-hybridized carbons (Fsp3) is 0.857. The molecule has 0 radical (unpaired) electrons. The molecule has 0 rings (SSSR count). The number of ketones is 1. The Kier molecular flexibility index (Phi) is 5.54. The van der Waals surface area contributed by atoms with Gasteiger partial charge in [-0.1, -0.05) is 20.8 Å². The van der Waals surface area contributed by atoms with Crippen LogP contribution in [-0.2, 0) is 9.59 Å². The SMILES string of the molecule is CN([C@@H](CCC(=O)O)C(=O)C(C)(C)C)C(C)(C)C. The molecule has 0 aromatic carbocycles. The highest BCUT2D eigenvalue weighted by Crippen LogP contribution is 2.26. The lowest BCUT2D eigenvalue weighted by atomic mass is 9.83. The van der Waals surface area contributed by atoms with Gasteiger partial charge in [-0.3, -0.25) is 14.5 Å². The summed E-state index contributed by atoms with van der Waals surface area (Å²) in [6, 6.07) is -0.346.